The van der Waals surface area contributed by atoms with Crippen molar-refractivity contribution in [2.24, 2.45) is 0 Å². The van der Waals surface area contributed by atoms with Crippen molar-refractivity contribution < 1.29 is 10.2 Å². The standard InChI is InChI=1S/C10H9NO2/c12-6-7-1-2-10-8(3-7)4-9(13)5-11-10/h1-5,12-13H,6H2. The van der Waals surface area contributed by atoms with Crippen molar-refractivity contribution in [1.82, 2.24) is 4.98 Å². The summed E-state index contributed by atoms with van der Waals surface area (Å²) in [7, 11) is 0. The van der Waals surface area contributed by atoms with Gasteiger partial charge in [0.15, 0.2) is 0 Å². The molecule has 0 atom stereocenters. The fourth-order valence-corrected chi connectivity index (χ4v) is 1.27. The molecule has 2 aromatic rings. The van der Waals surface area contributed by atoms with Gasteiger partial charge in [0.05, 0.1) is 18.3 Å². The van der Waals surface area contributed by atoms with Crippen LogP contribution in [0, 0.1) is 0 Å². The Kier molecular flexibility index (Phi) is 1.87. The molecule has 3 nitrogen and oxygen atoms in total. The molecule has 0 aliphatic rings. The number of benzene rings is 1. The van der Waals surface area contributed by atoms with E-state index >= 15 is 0 Å². The van der Waals surface area contributed by atoms with Gasteiger partial charge in [-0.05, 0) is 23.8 Å². The normalized spacial score (nSPS) is 10.5. The third-order valence-corrected chi connectivity index (χ3v) is 1.91. The molecule has 0 aliphatic carbocycles. The maximum absolute atomic E-state index is 9.17. The molecule has 0 fully saturated rings. The zero-order valence-corrected chi connectivity index (χ0v) is 6.94. The molecule has 0 aliphatic heterocycles. The molecular formula is C10H9NO2. The summed E-state index contributed by atoms with van der Waals surface area (Å²) in [4.78, 5) is 4.02. The van der Waals surface area contributed by atoms with Gasteiger partial charge in [-0.1, -0.05) is 6.07 Å². The molecule has 0 unspecified atom stereocenters. The highest BCUT2D eigenvalue weighted by atomic mass is 16.3. The molecule has 2 rings (SSSR count). The number of aliphatic hydroxyl groups is 1. The van der Waals surface area contributed by atoms with Crippen molar-refractivity contribution in [3.05, 3.63) is 36.0 Å². The van der Waals surface area contributed by atoms with E-state index in [0.29, 0.717) is 0 Å². The van der Waals surface area contributed by atoms with Gasteiger partial charge in [0.1, 0.15) is 5.75 Å². The van der Waals surface area contributed by atoms with E-state index in [0.717, 1.165) is 16.5 Å². The summed E-state index contributed by atoms with van der Waals surface area (Å²) in [6, 6.07) is 7.07. The number of rotatable bonds is 1. The molecule has 13 heavy (non-hydrogen) atoms. The lowest BCUT2D eigenvalue weighted by Gasteiger charge is -2.00. The lowest BCUT2D eigenvalue weighted by atomic mass is 10.1. The predicted molar refractivity (Wildman–Crippen MR) is 49.3 cm³/mol. The van der Waals surface area contributed by atoms with Crippen molar-refractivity contribution in [2.75, 3.05) is 0 Å². The molecule has 0 amide bonds. The second-order valence-corrected chi connectivity index (χ2v) is 2.88. The predicted octanol–water partition coefficient (Wildman–Crippen LogP) is 1.43. The van der Waals surface area contributed by atoms with Crippen LogP contribution in [0.4, 0.5) is 0 Å². The molecule has 0 saturated carbocycles. The number of aromatic hydroxyl groups is 1. The SMILES string of the molecule is OCc1ccc2ncc(O)cc2c1. The van der Waals surface area contributed by atoms with E-state index in [9.17, 15) is 0 Å². The fourth-order valence-electron chi connectivity index (χ4n) is 1.27. The van der Waals surface area contributed by atoms with E-state index in [4.69, 9.17) is 10.2 Å². The summed E-state index contributed by atoms with van der Waals surface area (Å²) in [5.41, 5.74) is 1.63. The van der Waals surface area contributed by atoms with Crippen LogP contribution in [-0.4, -0.2) is 15.2 Å². The first-order chi connectivity index (χ1) is 6.29. The fraction of sp³-hybridized carbons (Fsp3) is 0.100. The van der Waals surface area contributed by atoms with Crippen molar-refractivity contribution in [2.45, 2.75) is 6.61 Å². The Labute approximate surface area is 75.3 Å². The third kappa shape index (κ3) is 1.46. The van der Waals surface area contributed by atoms with Gasteiger partial charge >= 0.3 is 0 Å². The van der Waals surface area contributed by atoms with Crippen molar-refractivity contribution in [1.29, 1.82) is 0 Å². The monoisotopic (exact) mass is 175 g/mol. The van der Waals surface area contributed by atoms with Crippen LogP contribution in [-0.2, 0) is 6.61 Å². The Morgan fingerprint density at radius 1 is 1.23 bits per heavy atom. The molecular weight excluding hydrogens is 166 g/mol. The maximum Gasteiger partial charge on any atom is 0.134 e. The average Bonchev–Trinajstić information content (AvgIpc) is 2.16. The molecule has 2 N–H and O–H groups in total. The van der Waals surface area contributed by atoms with Gasteiger partial charge in [-0.15, -0.1) is 0 Å². The van der Waals surface area contributed by atoms with E-state index < -0.39 is 0 Å². The van der Waals surface area contributed by atoms with Gasteiger partial charge in [-0.25, -0.2) is 0 Å². The molecule has 1 aromatic heterocycles. The van der Waals surface area contributed by atoms with Gasteiger partial charge in [0.2, 0.25) is 0 Å². The summed E-state index contributed by atoms with van der Waals surface area (Å²) >= 11 is 0. The minimum atomic E-state index is 0.00555. The van der Waals surface area contributed by atoms with E-state index in [-0.39, 0.29) is 12.4 Å². The number of nitrogens with zero attached hydrogens (tertiary/aromatic N) is 1. The van der Waals surface area contributed by atoms with Crippen LogP contribution < -0.4 is 0 Å². The Balaban J connectivity index is 2.68. The molecule has 0 radical (unpaired) electrons. The summed E-state index contributed by atoms with van der Waals surface area (Å²) < 4.78 is 0. The molecule has 3 heteroatoms. The molecule has 0 bridgehead atoms. The number of aromatic nitrogens is 1. The van der Waals surface area contributed by atoms with Gasteiger partial charge in [0, 0.05) is 5.39 Å². The Bertz CT molecular complexity index is 440. The van der Waals surface area contributed by atoms with Crippen LogP contribution in [0.25, 0.3) is 10.9 Å². The smallest absolute Gasteiger partial charge is 0.134 e. The van der Waals surface area contributed by atoms with Crippen molar-refractivity contribution in [3.63, 3.8) is 0 Å². The first kappa shape index (κ1) is 8.01. The Morgan fingerprint density at radius 3 is 2.85 bits per heavy atom. The minimum Gasteiger partial charge on any atom is -0.506 e. The number of aliphatic hydroxyl groups excluding tert-OH is 1. The zero-order valence-electron chi connectivity index (χ0n) is 6.94. The first-order valence-electron chi connectivity index (χ1n) is 3.98. The zero-order chi connectivity index (χ0) is 9.26. The van der Waals surface area contributed by atoms with Crippen LogP contribution in [0.1, 0.15) is 5.56 Å². The molecule has 66 valence electrons. The van der Waals surface area contributed by atoms with Crippen LogP contribution >= 0.6 is 0 Å². The summed E-state index contributed by atoms with van der Waals surface area (Å²) in [6.45, 7) is 0.00555. The van der Waals surface area contributed by atoms with Crippen LogP contribution in [0.15, 0.2) is 30.5 Å². The lowest BCUT2D eigenvalue weighted by Crippen LogP contribution is -1.84. The highest BCUT2D eigenvalue weighted by Gasteiger charge is 1.97. The van der Waals surface area contributed by atoms with Crippen LogP contribution in [0.3, 0.4) is 0 Å². The van der Waals surface area contributed by atoms with Crippen LogP contribution in [0.2, 0.25) is 0 Å². The molecule has 0 spiro atoms. The topological polar surface area (TPSA) is 53.4 Å². The third-order valence-electron chi connectivity index (χ3n) is 1.91. The summed E-state index contributed by atoms with van der Waals surface area (Å²) in [5.74, 6) is 0.141. The lowest BCUT2D eigenvalue weighted by molar-refractivity contribution is 0.282. The van der Waals surface area contributed by atoms with E-state index in [1.807, 2.05) is 18.2 Å². The molecule has 0 saturated heterocycles. The number of fused-ring (bicyclic) bond motifs is 1. The number of hydrogen-bond donors (Lipinski definition) is 2. The quantitative estimate of drug-likeness (QED) is 0.689. The van der Waals surface area contributed by atoms with Gasteiger partial charge < -0.3 is 10.2 Å². The maximum atomic E-state index is 9.17. The Morgan fingerprint density at radius 2 is 2.08 bits per heavy atom. The second kappa shape index (κ2) is 3.03. The van der Waals surface area contributed by atoms with Gasteiger partial charge in [-0.2, -0.15) is 0 Å². The highest BCUT2D eigenvalue weighted by Crippen LogP contribution is 2.18. The van der Waals surface area contributed by atoms with Crippen molar-refractivity contribution in [3.8, 4) is 5.75 Å². The second-order valence-electron chi connectivity index (χ2n) is 2.88. The van der Waals surface area contributed by atoms with Crippen molar-refractivity contribution >= 4 is 10.9 Å². The highest BCUT2D eigenvalue weighted by molar-refractivity contribution is 5.80. The number of pyridine rings is 1. The number of hydrogen-bond acceptors (Lipinski definition) is 3. The van der Waals surface area contributed by atoms with Crippen LogP contribution in [0.5, 0.6) is 5.75 Å². The molecule has 1 heterocycles. The first-order valence-corrected chi connectivity index (χ1v) is 3.98. The minimum absolute atomic E-state index is 0.00555. The summed E-state index contributed by atoms with van der Waals surface area (Å²) in [5, 5.41) is 18.9. The largest absolute Gasteiger partial charge is 0.506 e. The summed E-state index contributed by atoms with van der Waals surface area (Å²) in [6.07, 6.45) is 1.40. The average molecular weight is 175 g/mol. The van der Waals surface area contributed by atoms with E-state index in [1.54, 1.807) is 6.07 Å². The van der Waals surface area contributed by atoms with E-state index in [2.05, 4.69) is 4.98 Å². The Hall–Kier alpha value is -1.61. The van der Waals surface area contributed by atoms with E-state index in [1.165, 1.54) is 6.20 Å². The van der Waals surface area contributed by atoms with Gasteiger partial charge in [-0.3, -0.25) is 4.98 Å². The molecule has 1 aromatic carbocycles. The van der Waals surface area contributed by atoms with Gasteiger partial charge in [0.25, 0.3) is 0 Å².